The van der Waals surface area contributed by atoms with Gasteiger partial charge in [0.05, 0.1) is 51.9 Å². The summed E-state index contributed by atoms with van der Waals surface area (Å²) < 4.78 is 35.9. The van der Waals surface area contributed by atoms with Crippen molar-refractivity contribution in [3.8, 4) is 23.1 Å². The minimum Gasteiger partial charge on any atom is -0.475 e. The number of ether oxygens (including phenoxy) is 1. The molecule has 0 radical (unpaired) electrons. The van der Waals surface area contributed by atoms with Crippen LogP contribution in [0.25, 0.3) is 32.8 Å². The molecule has 240 valence electrons. The number of fused-ring (bicyclic) bond motifs is 4. The maximum atomic E-state index is 14.6. The zero-order chi connectivity index (χ0) is 32.4. The standard InChI is InChI=1S/C37H34ClF2N5O2/c1-2-32(46)44-16-12-30-31(44)20-45(30)35-26-9-7-23(25-6-3-5-22-8-10-28(40)34(38)33(22)25)17-29(26)42-36(27(35)11-14-41)47-21-37-13-4-15-43(37)19-24(39)18-37/h2-3,5-10,17,24,30-31H,1,4,11-13,15-16,18-21H2/t24-,30-,31-,37+/m1/s1. The van der Waals surface area contributed by atoms with Gasteiger partial charge in [-0.05, 0) is 60.5 Å². The fourth-order valence-corrected chi connectivity index (χ4v) is 8.86. The predicted octanol–water partition coefficient (Wildman–Crippen LogP) is 6.84. The first kappa shape index (κ1) is 30.1. The van der Waals surface area contributed by atoms with Crippen LogP contribution < -0.4 is 9.64 Å². The third-order valence-corrected chi connectivity index (χ3v) is 11.2. The molecule has 4 aliphatic heterocycles. The van der Waals surface area contributed by atoms with Crippen LogP contribution in [0.5, 0.6) is 5.88 Å². The number of amides is 1. The van der Waals surface area contributed by atoms with Gasteiger partial charge in [0.25, 0.3) is 0 Å². The molecule has 4 aromatic rings. The lowest BCUT2D eigenvalue weighted by Crippen LogP contribution is -2.63. The number of hydrogen-bond donors (Lipinski definition) is 0. The topological polar surface area (TPSA) is 72.7 Å². The number of hydrogen-bond acceptors (Lipinski definition) is 6. The van der Waals surface area contributed by atoms with Gasteiger partial charge in [-0.2, -0.15) is 5.26 Å². The number of carbonyl (C=O) groups excluding carboxylic acids is 1. The van der Waals surface area contributed by atoms with Crippen LogP contribution in [0.2, 0.25) is 5.02 Å². The lowest BCUT2D eigenvalue weighted by Gasteiger charge is -2.49. The van der Waals surface area contributed by atoms with E-state index in [1.54, 1.807) is 6.07 Å². The van der Waals surface area contributed by atoms with E-state index in [4.69, 9.17) is 21.3 Å². The van der Waals surface area contributed by atoms with E-state index < -0.39 is 12.0 Å². The van der Waals surface area contributed by atoms with Crippen LogP contribution in [0, 0.1) is 17.1 Å². The molecule has 4 fully saturated rings. The van der Waals surface area contributed by atoms with Crippen molar-refractivity contribution in [2.75, 3.05) is 37.7 Å². The number of pyridine rings is 1. The van der Waals surface area contributed by atoms with Gasteiger partial charge in [0.1, 0.15) is 18.6 Å². The zero-order valence-electron chi connectivity index (χ0n) is 25.9. The Balaban J connectivity index is 1.26. The Bertz CT molecular complexity index is 2000. The molecular formula is C37H34ClF2N5O2. The monoisotopic (exact) mass is 653 g/mol. The Morgan fingerprint density at radius 3 is 2.89 bits per heavy atom. The summed E-state index contributed by atoms with van der Waals surface area (Å²) in [6.45, 7) is 6.48. The maximum absolute atomic E-state index is 14.6. The second-order valence-corrected chi connectivity index (χ2v) is 13.6. The highest BCUT2D eigenvalue weighted by atomic mass is 35.5. The van der Waals surface area contributed by atoms with Crippen molar-refractivity contribution in [3.05, 3.63) is 77.6 Å². The van der Waals surface area contributed by atoms with E-state index in [2.05, 4.69) is 22.4 Å². The number of likely N-dealkylation sites (tertiary alicyclic amines) is 1. The first-order chi connectivity index (χ1) is 22.8. The van der Waals surface area contributed by atoms with E-state index in [-0.39, 0.29) is 41.6 Å². The number of anilines is 1. The minimum absolute atomic E-state index is 0.0564. The van der Waals surface area contributed by atoms with Gasteiger partial charge in [-0.3, -0.25) is 9.69 Å². The molecule has 4 saturated heterocycles. The van der Waals surface area contributed by atoms with Gasteiger partial charge in [0.2, 0.25) is 11.8 Å². The van der Waals surface area contributed by atoms with Crippen LogP contribution >= 0.6 is 11.6 Å². The highest BCUT2D eigenvalue weighted by molar-refractivity contribution is 6.37. The van der Waals surface area contributed by atoms with E-state index in [0.717, 1.165) is 53.4 Å². The molecule has 0 N–H and O–H groups in total. The molecule has 0 unspecified atom stereocenters. The van der Waals surface area contributed by atoms with Gasteiger partial charge in [0, 0.05) is 36.8 Å². The third-order valence-electron chi connectivity index (χ3n) is 10.8. The summed E-state index contributed by atoms with van der Waals surface area (Å²) in [7, 11) is 0. The maximum Gasteiger partial charge on any atom is 0.246 e. The lowest BCUT2D eigenvalue weighted by atomic mass is 9.91. The van der Waals surface area contributed by atoms with Crippen molar-refractivity contribution in [2.24, 2.45) is 0 Å². The van der Waals surface area contributed by atoms with Crippen LogP contribution in [0.4, 0.5) is 14.5 Å². The predicted molar refractivity (Wildman–Crippen MR) is 179 cm³/mol. The first-order valence-electron chi connectivity index (χ1n) is 16.2. The summed E-state index contributed by atoms with van der Waals surface area (Å²) in [5.41, 5.74) is 3.45. The normalized spacial score (nSPS) is 25.1. The number of aromatic nitrogens is 1. The Morgan fingerprint density at radius 1 is 1.19 bits per heavy atom. The van der Waals surface area contributed by atoms with Gasteiger partial charge in [-0.25, -0.2) is 13.8 Å². The fourth-order valence-electron chi connectivity index (χ4n) is 8.59. The highest BCUT2D eigenvalue weighted by Gasteiger charge is 2.51. The molecule has 1 amide bonds. The number of nitriles is 1. The molecule has 47 heavy (non-hydrogen) atoms. The molecule has 4 aliphatic rings. The summed E-state index contributed by atoms with van der Waals surface area (Å²) in [5.74, 6) is -0.187. The molecule has 8 rings (SSSR count). The van der Waals surface area contributed by atoms with E-state index in [1.807, 2.05) is 41.3 Å². The minimum atomic E-state index is -0.890. The molecule has 5 heterocycles. The van der Waals surface area contributed by atoms with Crippen LogP contribution in [0.15, 0.2) is 61.2 Å². The Morgan fingerprint density at radius 2 is 2.06 bits per heavy atom. The van der Waals surface area contributed by atoms with E-state index in [9.17, 15) is 18.8 Å². The highest BCUT2D eigenvalue weighted by Crippen LogP contribution is 2.46. The Labute approximate surface area is 277 Å². The zero-order valence-corrected chi connectivity index (χ0v) is 26.6. The van der Waals surface area contributed by atoms with Gasteiger partial charge < -0.3 is 14.5 Å². The van der Waals surface area contributed by atoms with Gasteiger partial charge in [0.15, 0.2) is 0 Å². The largest absolute Gasteiger partial charge is 0.475 e. The van der Waals surface area contributed by atoms with Gasteiger partial charge in [-0.15, -0.1) is 0 Å². The van der Waals surface area contributed by atoms with Gasteiger partial charge in [-0.1, -0.05) is 54.6 Å². The molecule has 0 spiro atoms. The molecule has 0 aliphatic carbocycles. The number of rotatable bonds is 7. The van der Waals surface area contributed by atoms with Crippen molar-refractivity contribution in [1.29, 1.82) is 5.26 Å². The molecule has 0 bridgehead atoms. The molecule has 4 atom stereocenters. The second-order valence-electron chi connectivity index (χ2n) is 13.3. The Hall–Kier alpha value is -4.26. The van der Waals surface area contributed by atoms with Crippen molar-refractivity contribution < 1.29 is 18.3 Å². The molecule has 3 aromatic carbocycles. The summed E-state index contributed by atoms with van der Waals surface area (Å²) in [6.07, 6.45) is 3.62. The van der Waals surface area contributed by atoms with E-state index >= 15 is 0 Å². The SMILES string of the molecule is C=CC(=O)N1CC[C@@H]2[C@H]1CN2c1c(CC#N)c(OC[C@@]23CCCN2C[C@H](F)C3)nc2cc(-c3cccc4ccc(F)c(Cl)c34)ccc12. The van der Waals surface area contributed by atoms with E-state index in [1.165, 1.54) is 12.1 Å². The summed E-state index contributed by atoms with van der Waals surface area (Å²) in [5, 5.41) is 12.4. The summed E-state index contributed by atoms with van der Waals surface area (Å²) in [4.78, 5) is 24.0. The number of halogens is 3. The molecular weight excluding hydrogens is 620 g/mol. The molecule has 7 nitrogen and oxygen atoms in total. The first-order valence-corrected chi connectivity index (χ1v) is 16.6. The molecule has 10 heteroatoms. The average molecular weight is 654 g/mol. The van der Waals surface area contributed by atoms with Crippen molar-refractivity contribution in [1.82, 2.24) is 14.8 Å². The second kappa shape index (κ2) is 11.5. The molecule has 0 saturated carbocycles. The van der Waals surface area contributed by atoms with Crippen LogP contribution in [0.3, 0.4) is 0 Å². The number of alkyl halides is 1. The van der Waals surface area contributed by atoms with E-state index in [0.29, 0.717) is 48.4 Å². The average Bonchev–Trinajstić information content (AvgIpc) is 3.71. The fraction of sp³-hybridized carbons (Fsp3) is 0.378. The molecule has 1 aromatic heterocycles. The number of nitrogens with zero attached hydrogens (tertiary/aromatic N) is 5. The number of benzene rings is 3. The van der Waals surface area contributed by atoms with Crippen LogP contribution in [0.1, 0.15) is 31.2 Å². The van der Waals surface area contributed by atoms with Crippen LogP contribution in [-0.4, -0.2) is 77.3 Å². The van der Waals surface area contributed by atoms with Crippen molar-refractivity contribution >= 4 is 44.9 Å². The smallest absolute Gasteiger partial charge is 0.246 e. The number of carbonyl (C=O) groups is 1. The van der Waals surface area contributed by atoms with Gasteiger partial charge >= 0.3 is 0 Å². The summed E-state index contributed by atoms with van der Waals surface area (Å²) >= 11 is 6.51. The third kappa shape index (κ3) is 4.76. The quantitative estimate of drug-likeness (QED) is 0.203. The lowest BCUT2D eigenvalue weighted by molar-refractivity contribution is -0.127. The van der Waals surface area contributed by atoms with Crippen LogP contribution in [-0.2, 0) is 11.2 Å². The Kier molecular flexibility index (Phi) is 7.34. The van der Waals surface area contributed by atoms with Crippen molar-refractivity contribution in [2.45, 2.75) is 55.9 Å². The summed E-state index contributed by atoms with van der Waals surface area (Å²) in [6, 6.07) is 17.2. The van der Waals surface area contributed by atoms with Crippen molar-refractivity contribution in [3.63, 3.8) is 0 Å².